The van der Waals surface area contributed by atoms with Crippen molar-refractivity contribution in [3.63, 3.8) is 0 Å². The largest absolute Gasteiger partial charge is 0.469 e. The van der Waals surface area contributed by atoms with Crippen LogP contribution in [-0.4, -0.2) is 57.5 Å². The Morgan fingerprint density at radius 2 is 1.66 bits per heavy atom. The van der Waals surface area contributed by atoms with Gasteiger partial charge in [0.05, 0.1) is 37.0 Å². The molecule has 3 aromatic rings. The molecule has 2 N–H and O–H groups in total. The van der Waals surface area contributed by atoms with Crippen LogP contribution in [0.25, 0.3) is 11.3 Å². The van der Waals surface area contributed by atoms with E-state index in [1.54, 1.807) is 35.0 Å². The molecule has 0 fully saturated rings. The lowest BCUT2D eigenvalue weighted by Gasteiger charge is -2.20. The van der Waals surface area contributed by atoms with Gasteiger partial charge in [0.1, 0.15) is 5.82 Å². The van der Waals surface area contributed by atoms with Crippen LogP contribution in [0.1, 0.15) is 16.7 Å². The highest BCUT2D eigenvalue weighted by atomic mass is 19.1. The molecule has 2 amide bonds. The van der Waals surface area contributed by atoms with Crippen molar-refractivity contribution < 1.29 is 23.5 Å². The van der Waals surface area contributed by atoms with Crippen molar-refractivity contribution >= 4 is 46.1 Å². The van der Waals surface area contributed by atoms with Crippen LogP contribution in [-0.2, 0) is 25.5 Å². The van der Waals surface area contributed by atoms with Crippen molar-refractivity contribution in [2.24, 2.45) is 0 Å². The molecule has 3 aromatic carbocycles. The summed E-state index contributed by atoms with van der Waals surface area (Å²) >= 11 is 0. The van der Waals surface area contributed by atoms with Gasteiger partial charge in [0.25, 0.3) is 5.91 Å². The van der Waals surface area contributed by atoms with Gasteiger partial charge in [-0.25, -0.2) is 4.39 Å². The van der Waals surface area contributed by atoms with Gasteiger partial charge >= 0.3 is 5.97 Å². The van der Waals surface area contributed by atoms with E-state index in [0.717, 1.165) is 11.3 Å². The van der Waals surface area contributed by atoms with Crippen molar-refractivity contribution in [1.82, 2.24) is 4.90 Å². The summed E-state index contributed by atoms with van der Waals surface area (Å²) in [6.45, 7) is 0.286. The standard InChI is InChI=1S/C29H29FN4O4/c1-33(2)17-25(35)34(3)22-12-10-21(11-13-22)31-28(19-7-5-18(6-8-19)15-26(36)38-4)27-23-14-9-20(30)16-24(23)32-29(27)37/h5-14,16,31H,15,17H2,1-4H3,(H,32,37). The molecule has 0 unspecified atom stereocenters. The second kappa shape index (κ2) is 11.3. The molecule has 4 rings (SSSR count). The molecule has 0 bridgehead atoms. The molecule has 38 heavy (non-hydrogen) atoms. The Kier molecular flexibility index (Phi) is 7.87. The molecule has 0 radical (unpaired) electrons. The Morgan fingerprint density at radius 3 is 2.29 bits per heavy atom. The zero-order valence-corrected chi connectivity index (χ0v) is 21.7. The number of nitrogens with one attached hydrogen (secondary N) is 2. The first kappa shape index (κ1) is 26.6. The van der Waals surface area contributed by atoms with Crippen molar-refractivity contribution in [3.8, 4) is 0 Å². The van der Waals surface area contributed by atoms with Crippen molar-refractivity contribution in [2.45, 2.75) is 6.42 Å². The van der Waals surface area contributed by atoms with E-state index >= 15 is 0 Å². The van der Waals surface area contributed by atoms with Crippen LogP contribution in [0.15, 0.2) is 66.7 Å². The molecule has 1 heterocycles. The first-order chi connectivity index (χ1) is 18.2. The monoisotopic (exact) mass is 516 g/mol. The number of ether oxygens (including phenoxy) is 1. The lowest BCUT2D eigenvalue weighted by atomic mass is 9.98. The summed E-state index contributed by atoms with van der Waals surface area (Å²) in [5, 5.41) is 6.08. The van der Waals surface area contributed by atoms with Gasteiger partial charge in [0.2, 0.25) is 5.91 Å². The first-order valence-electron chi connectivity index (χ1n) is 12.0. The van der Waals surface area contributed by atoms with Gasteiger partial charge in [-0.05, 0) is 67.7 Å². The minimum absolute atomic E-state index is 0.0444. The van der Waals surface area contributed by atoms with Crippen LogP contribution in [0, 0.1) is 5.82 Å². The van der Waals surface area contributed by atoms with E-state index < -0.39 is 5.82 Å². The molecule has 8 nitrogen and oxygen atoms in total. The molecule has 0 aromatic heterocycles. The number of likely N-dealkylation sites (N-methyl/N-ethyl adjacent to an activating group) is 2. The van der Waals surface area contributed by atoms with E-state index in [-0.39, 0.29) is 30.7 Å². The number of esters is 1. The van der Waals surface area contributed by atoms with E-state index in [4.69, 9.17) is 4.74 Å². The summed E-state index contributed by atoms with van der Waals surface area (Å²) in [5.74, 6) is -1.21. The molecular formula is C29H29FN4O4. The van der Waals surface area contributed by atoms with Gasteiger partial charge < -0.3 is 25.2 Å². The number of amides is 2. The Labute approximate surface area is 220 Å². The number of rotatable bonds is 8. The van der Waals surface area contributed by atoms with Gasteiger partial charge in [-0.3, -0.25) is 14.4 Å². The van der Waals surface area contributed by atoms with Gasteiger partial charge in [-0.15, -0.1) is 0 Å². The third-order valence-electron chi connectivity index (χ3n) is 6.14. The minimum Gasteiger partial charge on any atom is -0.469 e. The summed E-state index contributed by atoms with van der Waals surface area (Å²) in [4.78, 5) is 40.6. The molecule has 1 aliphatic heterocycles. The third-order valence-corrected chi connectivity index (χ3v) is 6.14. The number of hydrogen-bond acceptors (Lipinski definition) is 6. The maximum absolute atomic E-state index is 13.8. The molecule has 0 spiro atoms. The Balaban J connectivity index is 1.71. The second-order valence-corrected chi connectivity index (χ2v) is 9.21. The number of anilines is 3. The van der Waals surface area contributed by atoms with Crippen molar-refractivity contribution in [1.29, 1.82) is 0 Å². The van der Waals surface area contributed by atoms with Crippen molar-refractivity contribution in [3.05, 3.63) is 89.2 Å². The van der Waals surface area contributed by atoms with E-state index in [2.05, 4.69) is 10.6 Å². The zero-order chi connectivity index (χ0) is 27.4. The number of halogens is 1. The van der Waals surface area contributed by atoms with Gasteiger partial charge in [0, 0.05) is 24.0 Å². The lowest BCUT2D eigenvalue weighted by molar-refractivity contribution is -0.139. The average Bonchev–Trinajstić information content (AvgIpc) is 3.21. The summed E-state index contributed by atoms with van der Waals surface area (Å²) in [6, 6.07) is 18.6. The predicted molar refractivity (Wildman–Crippen MR) is 146 cm³/mol. The van der Waals surface area contributed by atoms with Crippen LogP contribution in [0.3, 0.4) is 0 Å². The van der Waals surface area contributed by atoms with Crippen LogP contribution in [0.5, 0.6) is 0 Å². The molecule has 0 saturated carbocycles. The summed E-state index contributed by atoms with van der Waals surface area (Å²) < 4.78 is 18.6. The van der Waals surface area contributed by atoms with E-state index in [1.807, 2.05) is 50.5 Å². The highest BCUT2D eigenvalue weighted by Crippen LogP contribution is 2.38. The maximum atomic E-state index is 13.8. The number of nitrogens with zero attached hydrogens (tertiary/aromatic N) is 2. The predicted octanol–water partition coefficient (Wildman–Crippen LogP) is 4.00. The molecule has 9 heteroatoms. The molecule has 196 valence electrons. The van der Waals surface area contributed by atoms with E-state index in [9.17, 15) is 18.8 Å². The van der Waals surface area contributed by atoms with E-state index in [1.165, 1.54) is 19.2 Å². The maximum Gasteiger partial charge on any atom is 0.309 e. The fourth-order valence-corrected chi connectivity index (χ4v) is 4.13. The fraction of sp³-hybridized carbons (Fsp3) is 0.207. The Morgan fingerprint density at radius 1 is 0.974 bits per heavy atom. The van der Waals surface area contributed by atoms with Crippen LogP contribution in [0.2, 0.25) is 0 Å². The Hall–Kier alpha value is -4.50. The normalized spacial score (nSPS) is 13.6. The number of benzene rings is 3. The van der Waals surface area contributed by atoms with Crippen LogP contribution >= 0.6 is 0 Å². The van der Waals surface area contributed by atoms with Gasteiger partial charge in [0.15, 0.2) is 0 Å². The summed E-state index contributed by atoms with van der Waals surface area (Å²) in [6.07, 6.45) is 0.125. The first-order valence-corrected chi connectivity index (χ1v) is 12.0. The van der Waals surface area contributed by atoms with Gasteiger partial charge in [-0.2, -0.15) is 0 Å². The Bertz CT molecular complexity index is 1400. The quantitative estimate of drug-likeness (QED) is 0.348. The third kappa shape index (κ3) is 5.90. The average molecular weight is 517 g/mol. The topological polar surface area (TPSA) is 91.0 Å². The summed E-state index contributed by atoms with van der Waals surface area (Å²) in [5.41, 5.74) is 4.72. The lowest BCUT2D eigenvalue weighted by Crippen LogP contribution is -2.34. The highest BCUT2D eigenvalue weighted by molar-refractivity contribution is 6.37. The van der Waals surface area contributed by atoms with Crippen LogP contribution < -0.4 is 15.5 Å². The number of fused-ring (bicyclic) bond motifs is 1. The SMILES string of the molecule is COC(=O)Cc1ccc(C(Nc2ccc(N(C)C(=O)CN(C)C)cc2)=C2C(=O)Nc3cc(F)ccc32)cc1. The number of methoxy groups -OCH3 is 1. The number of hydrogen-bond donors (Lipinski definition) is 2. The number of carbonyl (C=O) groups excluding carboxylic acids is 3. The summed E-state index contributed by atoms with van der Waals surface area (Å²) in [7, 11) is 6.72. The second-order valence-electron chi connectivity index (χ2n) is 9.21. The molecular weight excluding hydrogens is 487 g/mol. The van der Waals surface area contributed by atoms with Crippen molar-refractivity contribution in [2.75, 3.05) is 50.3 Å². The zero-order valence-electron chi connectivity index (χ0n) is 21.7. The fourth-order valence-electron chi connectivity index (χ4n) is 4.13. The number of carbonyl (C=O) groups is 3. The molecule has 0 saturated heterocycles. The minimum atomic E-state index is -0.449. The highest BCUT2D eigenvalue weighted by Gasteiger charge is 2.29. The van der Waals surface area contributed by atoms with Gasteiger partial charge in [-0.1, -0.05) is 24.3 Å². The smallest absolute Gasteiger partial charge is 0.309 e. The van der Waals surface area contributed by atoms with E-state index in [0.29, 0.717) is 33.8 Å². The molecule has 1 aliphatic rings. The molecule has 0 atom stereocenters. The van der Waals surface area contributed by atoms with Crippen LogP contribution in [0.4, 0.5) is 21.5 Å². The molecule has 0 aliphatic carbocycles.